The molecule has 104 valence electrons. The molecule has 0 radical (unpaired) electrons. The van der Waals surface area contributed by atoms with Crippen LogP contribution in [0.1, 0.15) is 42.1 Å². The minimum absolute atomic E-state index is 0.818. The summed E-state index contributed by atoms with van der Waals surface area (Å²) in [7, 11) is 0. The van der Waals surface area contributed by atoms with Gasteiger partial charge in [0.2, 0.25) is 0 Å². The highest BCUT2D eigenvalue weighted by molar-refractivity contribution is 7.15. The van der Waals surface area contributed by atoms with Crippen LogP contribution in [0, 0.1) is 13.8 Å². The molecule has 4 nitrogen and oxygen atoms in total. The summed E-state index contributed by atoms with van der Waals surface area (Å²) in [6.07, 6.45) is 4.11. The number of nitrogens with one attached hydrogen (secondary N) is 1. The van der Waals surface area contributed by atoms with Crippen molar-refractivity contribution >= 4 is 16.5 Å². The Balaban J connectivity index is 2.10. The van der Waals surface area contributed by atoms with Gasteiger partial charge < -0.3 is 5.32 Å². The van der Waals surface area contributed by atoms with Gasteiger partial charge in [-0.2, -0.15) is 5.10 Å². The lowest BCUT2D eigenvalue weighted by molar-refractivity contribution is 0.664. The average molecular weight is 278 g/mol. The summed E-state index contributed by atoms with van der Waals surface area (Å²) in [5, 5.41) is 8.95. The second-order valence-corrected chi connectivity index (χ2v) is 5.83. The van der Waals surface area contributed by atoms with E-state index in [4.69, 9.17) is 0 Å². The van der Waals surface area contributed by atoms with Crippen LogP contribution in [0.3, 0.4) is 0 Å². The van der Waals surface area contributed by atoms with E-state index in [9.17, 15) is 0 Å². The predicted molar refractivity (Wildman–Crippen MR) is 81.1 cm³/mol. The van der Waals surface area contributed by atoms with Crippen LogP contribution in [0.15, 0.2) is 6.20 Å². The van der Waals surface area contributed by atoms with Crippen molar-refractivity contribution in [3.63, 3.8) is 0 Å². The molecule has 1 N–H and O–H groups in total. The molecule has 2 rings (SSSR count). The Morgan fingerprint density at radius 3 is 2.74 bits per heavy atom. The molecule has 0 atom stereocenters. The van der Waals surface area contributed by atoms with E-state index in [2.05, 4.69) is 47.8 Å². The van der Waals surface area contributed by atoms with Crippen LogP contribution in [0.25, 0.3) is 0 Å². The molecule has 0 fully saturated rings. The van der Waals surface area contributed by atoms with E-state index in [1.165, 1.54) is 16.1 Å². The molecule has 0 aliphatic rings. The number of hydrogen-bond donors (Lipinski definition) is 1. The summed E-state index contributed by atoms with van der Waals surface area (Å²) in [5.41, 5.74) is 3.79. The molecule has 2 aromatic heterocycles. The van der Waals surface area contributed by atoms with Gasteiger partial charge in [-0.25, -0.2) is 4.98 Å². The van der Waals surface area contributed by atoms with E-state index < -0.39 is 0 Å². The topological polar surface area (TPSA) is 42.7 Å². The van der Waals surface area contributed by atoms with E-state index in [-0.39, 0.29) is 0 Å². The Kier molecular flexibility index (Phi) is 4.58. The van der Waals surface area contributed by atoms with Gasteiger partial charge in [0.1, 0.15) is 0 Å². The third-order valence-electron chi connectivity index (χ3n) is 3.27. The second-order valence-electron chi connectivity index (χ2n) is 4.72. The first-order chi connectivity index (χ1) is 9.15. The van der Waals surface area contributed by atoms with E-state index in [1.54, 1.807) is 11.3 Å². The van der Waals surface area contributed by atoms with Crippen LogP contribution in [0.4, 0.5) is 5.13 Å². The lowest BCUT2D eigenvalue weighted by atomic mass is 10.1. The second kappa shape index (κ2) is 6.19. The van der Waals surface area contributed by atoms with Crippen molar-refractivity contribution in [3.05, 3.63) is 28.0 Å². The zero-order valence-electron chi connectivity index (χ0n) is 12.2. The van der Waals surface area contributed by atoms with Crippen LogP contribution >= 0.6 is 11.3 Å². The number of nitrogens with zero attached hydrogens (tertiary/aromatic N) is 3. The Bertz CT molecular complexity index is 542. The molecule has 2 heterocycles. The molecule has 0 bridgehead atoms. The number of rotatable bonds is 6. The first-order valence-electron chi connectivity index (χ1n) is 6.87. The molecular weight excluding hydrogens is 256 g/mol. The maximum atomic E-state index is 4.62. The van der Waals surface area contributed by atoms with Crippen LogP contribution in [-0.2, 0) is 13.0 Å². The zero-order valence-corrected chi connectivity index (χ0v) is 13.0. The van der Waals surface area contributed by atoms with E-state index in [0.717, 1.165) is 36.8 Å². The minimum Gasteiger partial charge on any atom is -0.362 e. The fourth-order valence-electron chi connectivity index (χ4n) is 2.24. The van der Waals surface area contributed by atoms with Gasteiger partial charge in [-0.1, -0.05) is 13.8 Å². The van der Waals surface area contributed by atoms with Crippen LogP contribution in [0.2, 0.25) is 0 Å². The Morgan fingerprint density at radius 2 is 2.11 bits per heavy atom. The molecule has 0 saturated heterocycles. The highest BCUT2D eigenvalue weighted by Gasteiger charge is 2.11. The number of aromatic nitrogens is 3. The fraction of sp³-hybridized carbons (Fsp3) is 0.571. The van der Waals surface area contributed by atoms with Gasteiger partial charge in [0.05, 0.1) is 12.2 Å². The smallest absolute Gasteiger partial charge is 0.182 e. The predicted octanol–water partition coefficient (Wildman–Crippen LogP) is 3.39. The molecule has 0 spiro atoms. The largest absolute Gasteiger partial charge is 0.362 e. The summed E-state index contributed by atoms with van der Waals surface area (Å²) >= 11 is 1.72. The monoisotopic (exact) mass is 278 g/mol. The molecule has 0 amide bonds. The maximum absolute atomic E-state index is 4.62. The Hall–Kier alpha value is -1.36. The van der Waals surface area contributed by atoms with Crippen molar-refractivity contribution in [2.24, 2.45) is 0 Å². The van der Waals surface area contributed by atoms with Crippen molar-refractivity contribution in [2.45, 2.75) is 47.1 Å². The first kappa shape index (κ1) is 14.1. The van der Waals surface area contributed by atoms with Crippen molar-refractivity contribution in [1.82, 2.24) is 14.8 Å². The van der Waals surface area contributed by atoms with Gasteiger partial charge >= 0.3 is 0 Å². The molecule has 5 heteroatoms. The number of thiazole rings is 1. The molecule has 0 aromatic carbocycles. The number of hydrogen-bond acceptors (Lipinski definition) is 4. The normalized spacial score (nSPS) is 10.9. The molecule has 0 aliphatic heterocycles. The van der Waals surface area contributed by atoms with E-state index in [1.807, 2.05) is 6.20 Å². The van der Waals surface area contributed by atoms with Crippen molar-refractivity contribution in [3.8, 4) is 0 Å². The van der Waals surface area contributed by atoms with Gasteiger partial charge in [0.15, 0.2) is 5.13 Å². The standard InChI is InChI=1S/C14H22N4S/c1-5-7-15-14-16-8-12(19-14)9-18-11(4)13(6-2)10(3)17-18/h8H,5-7,9H2,1-4H3,(H,15,16). The summed E-state index contributed by atoms with van der Waals surface area (Å²) in [6.45, 7) is 10.4. The number of aryl methyl sites for hydroxylation is 1. The number of anilines is 1. The SMILES string of the molecule is CCCNc1ncc(Cn2nc(C)c(CC)c2C)s1. The fourth-order valence-corrected chi connectivity index (χ4v) is 3.06. The molecule has 19 heavy (non-hydrogen) atoms. The Labute approximate surface area is 118 Å². The van der Waals surface area contributed by atoms with Crippen molar-refractivity contribution < 1.29 is 0 Å². The van der Waals surface area contributed by atoms with Crippen molar-refractivity contribution in [1.29, 1.82) is 0 Å². The van der Waals surface area contributed by atoms with Crippen LogP contribution < -0.4 is 5.32 Å². The quantitative estimate of drug-likeness (QED) is 0.880. The maximum Gasteiger partial charge on any atom is 0.182 e. The van der Waals surface area contributed by atoms with Crippen molar-refractivity contribution in [2.75, 3.05) is 11.9 Å². The summed E-state index contributed by atoms with van der Waals surface area (Å²) < 4.78 is 2.09. The summed E-state index contributed by atoms with van der Waals surface area (Å²) in [6, 6.07) is 0. The molecule has 0 aliphatic carbocycles. The molecule has 0 unspecified atom stereocenters. The van der Waals surface area contributed by atoms with Gasteiger partial charge in [-0.15, -0.1) is 11.3 Å². The lowest BCUT2D eigenvalue weighted by Gasteiger charge is -2.02. The lowest BCUT2D eigenvalue weighted by Crippen LogP contribution is -2.02. The Morgan fingerprint density at radius 1 is 1.32 bits per heavy atom. The van der Waals surface area contributed by atoms with Gasteiger partial charge in [-0.3, -0.25) is 4.68 Å². The summed E-state index contributed by atoms with van der Waals surface area (Å²) in [5.74, 6) is 0. The first-order valence-corrected chi connectivity index (χ1v) is 7.68. The van der Waals surface area contributed by atoms with Crippen LogP contribution in [0.5, 0.6) is 0 Å². The highest BCUT2D eigenvalue weighted by Crippen LogP contribution is 2.21. The van der Waals surface area contributed by atoms with Gasteiger partial charge in [0, 0.05) is 23.3 Å². The zero-order chi connectivity index (χ0) is 13.8. The molecule has 0 saturated carbocycles. The minimum atomic E-state index is 0.818. The van der Waals surface area contributed by atoms with E-state index in [0.29, 0.717) is 0 Å². The van der Waals surface area contributed by atoms with Gasteiger partial charge in [0.25, 0.3) is 0 Å². The third-order valence-corrected chi connectivity index (χ3v) is 4.21. The van der Waals surface area contributed by atoms with E-state index >= 15 is 0 Å². The van der Waals surface area contributed by atoms with Crippen LogP contribution in [-0.4, -0.2) is 21.3 Å². The summed E-state index contributed by atoms with van der Waals surface area (Å²) in [4.78, 5) is 5.64. The molecule has 2 aromatic rings. The highest BCUT2D eigenvalue weighted by atomic mass is 32.1. The third kappa shape index (κ3) is 3.15. The van der Waals surface area contributed by atoms with Gasteiger partial charge in [-0.05, 0) is 32.3 Å². The molecular formula is C14H22N4S. The average Bonchev–Trinajstić information content (AvgIpc) is 2.93.